The minimum atomic E-state index is -0.795. The van der Waals surface area contributed by atoms with Crippen LogP contribution in [0.15, 0.2) is 11.6 Å². The third-order valence-corrected chi connectivity index (χ3v) is 13.0. The van der Waals surface area contributed by atoms with E-state index in [1.54, 1.807) is 0 Å². The van der Waals surface area contributed by atoms with Gasteiger partial charge in [0.2, 0.25) is 0 Å². The zero-order chi connectivity index (χ0) is 24.2. The van der Waals surface area contributed by atoms with E-state index >= 15 is 0 Å². The fourth-order valence-electron chi connectivity index (χ4n) is 10.6. The summed E-state index contributed by atoms with van der Waals surface area (Å²) >= 11 is 0. The lowest BCUT2D eigenvalue weighted by Gasteiger charge is -2.71. The Balaban J connectivity index is 1.60. The summed E-state index contributed by atoms with van der Waals surface area (Å²) in [4.78, 5) is 12.6. The van der Waals surface area contributed by atoms with Crippen LogP contribution in [-0.2, 0) is 4.79 Å². The van der Waals surface area contributed by atoms with Gasteiger partial charge in [0.1, 0.15) is 0 Å². The van der Waals surface area contributed by atoms with Crippen LogP contribution in [0.2, 0.25) is 0 Å². The molecule has 0 bridgehead atoms. The Bertz CT molecular complexity index is 885. The van der Waals surface area contributed by atoms with Gasteiger partial charge in [-0.2, -0.15) is 0 Å². The van der Waals surface area contributed by atoms with Crippen molar-refractivity contribution in [2.24, 2.45) is 50.2 Å². The predicted molar refractivity (Wildman–Crippen MR) is 130 cm³/mol. The number of carboxylic acid groups (broad SMARTS) is 1. The molecule has 4 saturated carbocycles. The van der Waals surface area contributed by atoms with Crippen molar-refractivity contribution in [1.82, 2.24) is 0 Å². The van der Waals surface area contributed by atoms with Gasteiger partial charge in [-0.05, 0) is 109 Å². The minimum absolute atomic E-state index is 0.0384. The lowest BCUT2D eigenvalue weighted by atomic mass is 9.33. The summed E-state index contributed by atoms with van der Waals surface area (Å²) in [6.45, 7) is 16.8. The summed E-state index contributed by atoms with van der Waals surface area (Å²) in [5, 5.41) is 23.5. The fourth-order valence-corrected chi connectivity index (χ4v) is 10.6. The summed E-state index contributed by atoms with van der Waals surface area (Å²) < 4.78 is 0. The van der Waals surface area contributed by atoms with Crippen molar-refractivity contribution in [3.63, 3.8) is 0 Å². The van der Waals surface area contributed by atoms with E-state index in [4.69, 9.17) is 0 Å². The Morgan fingerprint density at radius 2 is 1.58 bits per heavy atom. The van der Waals surface area contributed by atoms with Gasteiger partial charge in [-0.3, -0.25) is 0 Å². The lowest BCUT2D eigenvalue weighted by molar-refractivity contribution is -0.327. The number of carbonyl (C=O) groups is 1. The van der Waals surface area contributed by atoms with Crippen molar-refractivity contribution in [1.29, 1.82) is 0 Å². The predicted octanol–water partition coefficient (Wildman–Crippen LogP) is 5.90. The van der Waals surface area contributed by atoms with Gasteiger partial charge in [0.15, 0.2) is 0 Å². The second kappa shape index (κ2) is 6.89. The van der Waals surface area contributed by atoms with E-state index in [-0.39, 0.29) is 39.1 Å². The molecule has 0 saturated heterocycles. The fraction of sp³-hybridized carbons (Fsp3) is 0.900. The molecule has 4 fully saturated rings. The molecule has 0 spiro atoms. The van der Waals surface area contributed by atoms with Crippen LogP contribution in [0.4, 0.5) is 0 Å². The highest BCUT2D eigenvalue weighted by Gasteiger charge is 2.68. The molecule has 3 nitrogen and oxygen atoms in total. The first-order chi connectivity index (χ1) is 15.1. The summed E-state index contributed by atoms with van der Waals surface area (Å²) in [6.07, 6.45) is 12.3. The first-order valence-electron chi connectivity index (χ1n) is 13.7. The van der Waals surface area contributed by atoms with Crippen LogP contribution in [0.25, 0.3) is 0 Å². The average Bonchev–Trinajstić information content (AvgIpc) is 2.71. The van der Waals surface area contributed by atoms with Gasteiger partial charge >= 0.3 is 0 Å². The van der Waals surface area contributed by atoms with Gasteiger partial charge in [-0.25, -0.2) is 0 Å². The molecule has 33 heavy (non-hydrogen) atoms. The van der Waals surface area contributed by atoms with Gasteiger partial charge in [-0.1, -0.05) is 60.1 Å². The largest absolute Gasteiger partial charge is 0.550 e. The maximum absolute atomic E-state index is 12.6. The molecule has 5 aliphatic carbocycles. The smallest absolute Gasteiger partial charge is 0.0594 e. The molecule has 5 aliphatic rings. The third kappa shape index (κ3) is 2.87. The molecule has 0 radical (unpaired) electrons. The molecule has 0 aromatic heterocycles. The van der Waals surface area contributed by atoms with E-state index in [2.05, 4.69) is 54.5 Å². The number of aliphatic hydroxyl groups excluding tert-OH is 1. The number of rotatable bonds is 1. The van der Waals surface area contributed by atoms with Crippen molar-refractivity contribution in [3.05, 3.63) is 11.6 Å². The molecule has 1 N–H and O–H groups in total. The molecular formula is C30H47O3-. The Labute approximate surface area is 201 Å². The van der Waals surface area contributed by atoms with Crippen molar-refractivity contribution in [2.75, 3.05) is 0 Å². The van der Waals surface area contributed by atoms with Crippen molar-refractivity contribution >= 4 is 5.97 Å². The molecule has 0 aromatic carbocycles. The number of allylic oxidation sites excluding steroid dienone is 2. The highest BCUT2D eigenvalue weighted by molar-refractivity contribution is 5.74. The van der Waals surface area contributed by atoms with Crippen LogP contribution in [-0.4, -0.2) is 17.2 Å². The van der Waals surface area contributed by atoms with E-state index < -0.39 is 11.4 Å². The van der Waals surface area contributed by atoms with E-state index in [9.17, 15) is 15.0 Å². The molecule has 186 valence electrons. The lowest BCUT2D eigenvalue weighted by Crippen LogP contribution is -2.65. The van der Waals surface area contributed by atoms with Gasteiger partial charge in [0.25, 0.3) is 0 Å². The molecule has 3 heteroatoms. The number of carboxylic acids is 1. The SMILES string of the molecule is CC1(C)CC[C@]2(C(=O)[O-])CC[C@@]3(C)C(=CC[C@H]4[C@@]5(C)CC[C@H](O)C(C)(C)[C@@H]5CC[C@@]43C)[C@@H]2C1. The van der Waals surface area contributed by atoms with Crippen molar-refractivity contribution < 1.29 is 15.0 Å². The number of carbonyl (C=O) groups excluding carboxylic acids is 1. The quantitative estimate of drug-likeness (QED) is 0.501. The highest BCUT2D eigenvalue weighted by atomic mass is 16.4. The summed E-state index contributed by atoms with van der Waals surface area (Å²) in [5.41, 5.74) is 1.43. The monoisotopic (exact) mass is 455 g/mol. The van der Waals surface area contributed by atoms with E-state index in [1.165, 1.54) is 18.4 Å². The van der Waals surface area contributed by atoms with Crippen LogP contribution in [0.3, 0.4) is 0 Å². The van der Waals surface area contributed by atoms with Crippen LogP contribution < -0.4 is 5.11 Å². The molecule has 0 unspecified atom stereocenters. The van der Waals surface area contributed by atoms with E-state index in [0.29, 0.717) is 11.8 Å². The van der Waals surface area contributed by atoms with Gasteiger partial charge in [0, 0.05) is 11.4 Å². The summed E-state index contributed by atoms with van der Waals surface area (Å²) in [5.74, 6) is 0.469. The van der Waals surface area contributed by atoms with Crippen LogP contribution in [0.5, 0.6) is 0 Å². The number of aliphatic hydroxyl groups is 1. The first-order valence-corrected chi connectivity index (χ1v) is 13.7. The van der Waals surface area contributed by atoms with Gasteiger partial charge in [0.05, 0.1) is 6.10 Å². The molecule has 0 amide bonds. The van der Waals surface area contributed by atoms with Crippen LogP contribution >= 0.6 is 0 Å². The second-order valence-electron chi connectivity index (χ2n) is 15.0. The highest BCUT2D eigenvalue weighted by Crippen LogP contribution is 2.75. The molecule has 8 atom stereocenters. The normalized spacial score (nSPS) is 52.4. The Hall–Kier alpha value is -0.830. The average molecular weight is 456 g/mol. The molecule has 5 rings (SSSR count). The minimum Gasteiger partial charge on any atom is -0.550 e. The first kappa shape index (κ1) is 23.9. The molecule has 0 aromatic rings. The topological polar surface area (TPSA) is 60.4 Å². The second-order valence-corrected chi connectivity index (χ2v) is 15.0. The van der Waals surface area contributed by atoms with E-state index in [1.807, 2.05) is 0 Å². The number of fused-ring (bicyclic) bond motifs is 7. The maximum atomic E-state index is 12.6. The van der Waals surface area contributed by atoms with Crippen molar-refractivity contribution in [2.45, 2.75) is 119 Å². The Morgan fingerprint density at radius 3 is 2.24 bits per heavy atom. The van der Waals surface area contributed by atoms with Crippen LogP contribution in [0.1, 0.15) is 113 Å². The number of aliphatic carboxylic acids is 1. The summed E-state index contributed by atoms with van der Waals surface area (Å²) in [6, 6.07) is 0. The maximum Gasteiger partial charge on any atom is 0.0594 e. The molecular weight excluding hydrogens is 408 g/mol. The zero-order valence-corrected chi connectivity index (χ0v) is 22.2. The number of hydrogen-bond acceptors (Lipinski definition) is 3. The standard InChI is InChI=1S/C30H48O3/c1-25(2)14-16-30(24(32)33)17-15-28(6)19(20(30)18-25)8-9-22-27(5)12-11-23(31)26(3,4)21(27)10-13-29(22,28)7/h8,20-23,31H,9-18H2,1-7H3,(H,32,33)/p-1/t20-,21-,22-,23-,27-,28-,29-,30-/m0/s1. The third-order valence-electron chi connectivity index (χ3n) is 13.0. The summed E-state index contributed by atoms with van der Waals surface area (Å²) in [7, 11) is 0. The zero-order valence-electron chi connectivity index (χ0n) is 22.2. The number of hydrogen-bond donors (Lipinski definition) is 1. The van der Waals surface area contributed by atoms with Gasteiger partial charge < -0.3 is 15.0 Å². The van der Waals surface area contributed by atoms with Crippen molar-refractivity contribution in [3.8, 4) is 0 Å². The molecule has 0 heterocycles. The Kier molecular flexibility index (Phi) is 4.99. The molecule has 0 aliphatic heterocycles. The van der Waals surface area contributed by atoms with Gasteiger partial charge in [-0.15, -0.1) is 0 Å². The Morgan fingerprint density at radius 1 is 0.909 bits per heavy atom. The van der Waals surface area contributed by atoms with E-state index in [0.717, 1.165) is 51.4 Å². The van der Waals surface area contributed by atoms with Crippen LogP contribution in [0, 0.1) is 50.2 Å².